The summed E-state index contributed by atoms with van der Waals surface area (Å²) in [4.78, 5) is 38.5. The van der Waals surface area contributed by atoms with E-state index in [9.17, 15) is 19.6 Å². The molecule has 2 amide bonds. The molecule has 0 aliphatic carbocycles. The molecule has 10 heteroatoms. The second-order valence-corrected chi connectivity index (χ2v) is 9.45. The summed E-state index contributed by atoms with van der Waals surface area (Å²) in [6, 6.07) is 1.05. The first kappa shape index (κ1) is 23.8. The number of nitrogens with one attached hydrogen (secondary N) is 2. The van der Waals surface area contributed by atoms with Gasteiger partial charge in [0.25, 0.3) is 0 Å². The van der Waals surface area contributed by atoms with Crippen molar-refractivity contribution in [3.05, 3.63) is 16.4 Å². The van der Waals surface area contributed by atoms with E-state index in [1.165, 1.54) is 4.68 Å². The summed E-state index contributed by atoms with van der Waals surface area (Å²) >= 11 is 6.27. The Morgan fingerprint density at radius 1 is 1.47 bits per heavy atom. The van der Waals surface area contributed by atoms with E-state index in [-0.39, 0.29) is 35.4 Å². The van der Waals surface area contributed by atoms with Crippen LogP contribution >= 0.6 is 11.6 Å². The summed E-state index contributed by atoms with van der Waals surface area (Å²) in [6.45, 7) is 7.76. The highest BCUT2D eigenvalue weighted by molar-refractivity contribution is 6.35. The lowest BCUT2D eigenvalue weighted by Crippen LogP contribution is -2.62. The van der Waals surface area contributed by atoms with E-state index in [1.54, 1.807) is 14.0 Å². The van der Waals surface area contributed by atoms with Crippen LogP contribution in [0.25, 0.3) is 0 Å². The van der Waals surface area contributed by atoms with Crippen molar-refractivity contribution < 1.29 is 14.4 Å². The normalized spacial score (nSPS) is 19.5. The molecule has 0 spiro atoms. The molecule has 0 saturated carbocycles. The molecule has 2 heterocycles. The zero-order chi connectivity index (χ0) is 22.9. The maximum atomic E-state index is 13.4. The smallest absolute Gasteiger partial charge is 0.249 e. The Bertz CT molecular complexity index is 898. The third kappa shape index (κ3) is 4.99. The number of hydrogen-bond donors (Lipinski definition) is 3. The molecular formula is C20H29ClN6O3. The summed E-state index contributed by atoms with van der Waals surface area (Å²) in [7, 11) is 1.55. The number of carbonyl (C=O) groups excluding carboxylic acids is 3. The van der Waals surface area contributed by atoms with E-state index < -0.39 is 28.7 Å². The Kier molecular flexibility index (Phi) is 6.94. The van der Waals surface area contributed by atoms with E-state index >= 15 is 0 Å². The van der Waals surface area contributed by atoms with E-state index in [4.69, 9.17) is 17.3 Å². The predicted molar refractivity (Wildman–Crippen MR) is 112 cm³/mol. The third-order valence-electron chi connectivity index (χ3n) is 5.13. The van der Waals surface area contributed by atoms with Crippen LogP contribution < -0.4 is 16.4 Å². The zero-order valence-corrected chi connectivity index (χ0v) is 18.8. The van der Waals surface area contributed by atoms with Crippen LogP contribution in [0.4, 0.5) is 0 Å². The van der Waals surface area contributed by atoms with Crippen LogP contribution in [0, 0.1) is 29.6 Å². The Morgan fingerprint density at radius 3 is 2.53 bits per heavy atom. The lowest BCUT2D eigenvalue weighted by molar-refractivity contribution is -0.127. The molecule has 2 rings (SSSR count). The zero-order valence-electron chi connectivity index (χ0n) is 18.0. The van der Waals surface area contributed by atoms with Crippen LogP contribution in [0.15, 0.2) is 0 Å². The highest BCUT2D eigenvalue weighted by Gasteiger charge is 2.48. The highest BCUT2D eigenvalue weighted by atomic mass is 35.5. The van der Waals surface area contributed by atoms with Gasteiger partial charge in [-0.25, -0.2) is 0 Å². The number of nitrogens with two attached hydrogens (primary N) is 1. The second kappa shape index (κ2) is 8.74. The van der Waals surface area contributed by atoms with Gasteiger partial charge in [-0.05, 0) is 31.6 Å². The van der Waals surface area contributed by atoms with Crippen LogP contribution in [-0.2, 0) is 16.6 Å². The van der Waals surface area contributed by atoms with E-state index in [1.807, 2.05) is 26.8 Å². The lowest BCUT2D eigenvalue weighted by Gasteiger charge is -2.33. The second-order valence-electron chi connectivity index (χ2n) is 9.08. The molecule has 1 fully saturated rings. The number of hydrogen-bond acceptors (Lipinski definition) is 6. The number of Topliss-reactive ketones (excluding diaryl/α,β-unsaturated/α-hetero) is 1. The summed E-state index contributed by atoms with van der Waals surface area (Å²) in [6.07, 6.45) is 0.762. The van der Waals surface area contributed by atoms with Gasteiger partial charge < -0.3 is 16.4 Å². The maximum absolute atomic E-state index is 13.4. The van der Waals surface area contributed by atoms with Gasteiger partial charge in [0.1, 0.15) is 11.7 Å². The van der Waals surface area contributed by atoms with Gasteiger partial charge in [-0.1, -0.05) is 32.4 Å². The van der Waals surface area contributed by atoms with Gasteiger partial charge in [0.2, 0.25) is 17.6 Å². The SMILES string of the molecule is Cc1nn(C)c(C(=O)[C@](N)(CC(C)(C)C)C(=O)N[C@H](C#N)C[C@@H]2CCNC2=O)c1Cl. The molecule has 1 aromatic heterocycles. The maximum Gasteiger partial charge on any atom is 0.249 e. The number of aryl methyl sites for hydroxylation is 2. The minimum atomic E-state index is -1.96. The monoisotopic (exact) mass is 436 g/mol. The molecule has 1 aliphatic heterocycles. The van der Waals surface area contributed by atoms with E-state index in [0.29, 0.717) is 18.7 Å². The molecule has 0 bridgehead atoms. The summed E-state index contributed by atoms with van der Waals surface area (Å²) in [5.41, 5.74) is 4.49. The molecule has 9 nitrogen and oxygen atoms in total. The molecule has 0 unspecified atom stereocenters. The lowest BCUT2D eigenvalue weighted by atomic mass is 9.76. The Morgan fingerprint density at radius 2 is 2.10 bits per heavy atom. The summed E-state index contributed by atoms with van der Waals surface area (Å²) < 4.78 is 1.31. The molecule has 4 N–H and O–H groups in total. The minimum Gasteiger partial charge on any atom is -0.356 e. The summed E-state index contributed by atoms with van der Waals surface area (Å²) in [5, 5.41) is 19.1. The van der Waals surface area contributed by atoms with Gasteiger partial charge in [0.05, 0.1) is 16.8 Å². The van der Waals surface area contributed by atoms with Crippen LogP contribution in [0.3, 0.4) is 0 Å². The van der Waals surface area contributed by atoms with E-state index in [0.717, 1.165) is 0 Å². The first-order chi connectivity index (χ1) is 13.8. The predicted octanol–water partition coefficient (Wildman–Crippen LogP) is 1.23. The van der Waals surface area contributed by atoms with Crippen molar-refractivity contribution in [3.63, 3.8) is 0 Å². The Hall–Kier alpha value is -2.44. The van der Waals surface area contributed by atoms with Gasteiger partial charge in [0.15, 0.2) is 5.54 Å². The van der Waals surface area contributed by atoms with Crippen molar-refractivity contribution in [1.82, 2.24) is 20.4 Å². The molecule has 30 heavy (non-hydrogen) atoms. The van der Waals surface area contributed by atoms with Crippen LogP contribution in [0.1, 0.15) is 56.2 Å². The number of aromatic nitrogens is 2. The fraction of sp³-hybridized carbons (Fsp3) is 0.650. The molecule has 0 aromatic carbocycles. The van der Waals surface area contributed by atoms with Gasteiger partial charge in [-0.15, -0.1) is 0 Å². The average molecular weight is 437 g/mol. The number of amides is 2. The quantitative estimate of drug-likeness (QED) is 0.433. The number of nitrogens with zero attached hydrogens (tertiary/aromatic N) is 3. The van der Waals surface area contributed by atoms with Crippen molar-refractivity contribution in [1.29, 1.82) is 5.26 Å². The van der Waals surface area contributed by atoms with Gasteiger partial charge in [-0.3, -0.25) is 19.1 Å². The third-order valence-corrected chi connectivity index (χ3v) is 5.58. The molecule has 0 radical (unpaired) electrons. The number of halogens is 1. The van der Waals surface area contributed by atoms with Crippen LogP contribution in [0.5, 0.6) is 0 Å². The van der Waals surface area contributed by atoms with Crippen molar-refractivity contribution >= 4 is 29.2 Å². The Labute approximate surface area is 181 Å². The standard InChI is InChI=1S/C20H29ClN6O3/c1-11-14(21)15(27(5)26-11)16(28)20(23,10-19(2,3)4)18(30)25-13(9-22)8-12-6-7-24-17(12)29/h12-13H,6-8,10,23H2,1-5H3,(H,24,29)(H,25,30)/t12-,13-,20+/m0/s1. The van der Waals surface area contributed by atoms with Crippen LogP contribution in [0.2, 0.25) is 5.02 Å². The minimum absolute atomic E-state index is 0.0211. The summed E-state index contributed by atoms with van der Waals surface area (Å²) in [5.74, 6) is -1.96. The number of rotatable bonds is 7. The van der Waals surface area contributed by atoms with Gasteiger partial charge >= 0.3 is 0 Å². The number of ketones is 1. The van der Waals surface area contributed by atoms with Crippen LogP contribution in [-0.4, -0.2) is 45.5 Å². The topological polar surface area (TPSA) is 143 Å². The van der Waals surface area contributed by atoms with E-state index in [2.05, 4.69) is 15.7 Å². The average Bonchev–Trinajstić information content (AvgIpc) is 3.14. The first-order valence-electron chi connectivity index (χ1n) is 9.81. The number of carbonyl (C=O) groups is 3. The van der Waals surface area contributed by atoms with Crippen molar-refractivity contribution in [2.75, 3.05) is 6.54 Å². The van der Waals surface area contributed by atoms with Crippen molar-refractivity contribution in [2.45, 2.75) is 58.5 Å². The first-order valence-corrected chi connectivity index (χ1v) is 10.2. The molecular weight excluding hydrogens is 408 g/mol. The van der Waals surface area contributed by atoms with Crippen molar-refractivity contribution in [3.8, 4) is 6.07 Å². The Balaban J connectivity index is 2.34. The van der Waals surface area contributed by atoms with Crippen molar-refractivity contribution in [2.24, 2.45) is 24.1 Å². The molecule has 1 aliphatic rings. The van der Waals surface area contributed by atoms with Gasteiger partial charge in [-0.2, -0.15) is 10.4 Å². The fourth-order valence-corrected chi connectivity index (χ4v) is 4.02. The fourth-order valence-electron chi connectivity index (χ4n) is 3.78. The number of nitriles is 1. The molecule has 3 atom stereocenters. The largest absolute Gasteiger partial charge is 0.356 e. The van der Waals surface area contributed by atoms with Gasteiger partial charge in [0, 0.05) is 19.5 Å². The highest BCUT2D eigenvalue weighted by Crippen LogP contribution is 2.31. The molecule has 1 saturated heterocycles. The molecule has 1 aromatic rings. The molecule has 164 valence electrons.